The molecule has 1 aromatic carbocycles. The number of halogens is 1. The minimum absolute atomic E-state index is 0.223. The molecule has 0 saturated carbocycles. The second-order valence-electron chi connectivity index (χ2n) is 3.61. The molecular formula is C11H16BrNO2. The lowest BCUT2D eigenvalue weighted by atomic mass is 10.1. The third-order valence-electron chi connectivity index (χ3n) is 2.37. The van der Waals surface area contributed by atoms with E-state index >= 15 is 0 Å². The van der Waals surface area contributed by atoms with E-state index in [2.05, 4.69) is 21.2 Å². The van der Waals surface area contributed by atoms with Crippen molar-refractivity contribution in [3.63, 3.8) is 0 Å². The lowest BCUT2D eigenvalue weighted by Gasteiger charge is -2.14. The maximum Gasteiger partial charge on any atom is 0.0942 e. The first-order chi connectivity index (χ1) is 7.04. The van der Waals surface area contributed by atoms with Crippen LogP contribution in [0.3, 0.4) is 0 Å². The molecule has 1 atom stereocenters. The molecule has 1 rings (SSSR count). The third-order valence-corrected chi connectivity index (χ3v) is 2.83. The van der Waals surface area contributed by atoms with Gasteiger partial charge in [0.25, 0.3) is 0 Å². The molecule has 0 aliphatic carbocycles. The number of aliphatic hydroxyl groups is 2. The number of benzene rings is 1. The van der Waals surface area contributed by atoms with Crippen molar-refractivity contribution in [2.75, 3.05) is 18.5 Å². The summed E-state index contributed by atoms with van der Waals surface area (Å²) in [5.41, 5.74) is 3.32. The van der Waals surface area contributed by atoms with E-state index in [4.69, 9.17) is 5.11 Å². The average Bonchev–Trinajstić information content (AvgIpc) is 2.20. The molecule has 1 unspecified atom stereocenters. The molecule has 0 aliphatic heterocycles. The Morgan fingerprint density at radius 3 is 2.67 bits per heavy atom. The summed E-state index contributed by atoms with van der Waals surface area (Å²) < 4.78 is 1.01. The summed E-state index contributed by atoms with van der Waals surface area (Å²) in [7, 11) is 0. The van der Waals surface area contributed by atoms with Crippen LogP contribution in [-0.4, -0.2) is 29.5 Å². The monoisotopic (exact) mass is 273 g/mol. The van der Waals surface area contributed by atoms with Gasteiger partial charge in [0.1, 0.15) is 0 Å². The molecule has 0 radical (unpaired) electrons. The summed E-state index contributed by atoms with van der Waals surface area (Å²) in [6, 6.07) is 4.01. The van der Waals surface area contributed by atoms with Gasteiger partial charge >= 0.3 is 0 Å². The van der Waals surface area contributed by atoms with E-state index in [1.54, 1.807) is 0 Å². The first kappa shape index (κ1) is 12.5. The average molecular weight is 274 g/mol. The van der Waals surface area contributed by atoms with Gasteiger partial charge in [-0.3, -0.25) is 0 Å². The largest absolute Gasteiger partial charge is 0.394 e. The number of aliphatic hydroxyl groups excluding tert-OH is 2. The predicted molar refractivity (Wildman–Crippen MR) is 65.2 cm³/mol. The van der Waals surface area contributed by atoms with Crippen molar-refractivity contribution in [3.8, 4) is 0 Å². The molecule has 0 bridgehead atoms. The maximum absolute atomic E-state index is 9.22. The van der Waals surface area contributed by atoms with Crippen molar-refractivity contribution in [1.82, 2.24) is 0 Å². The number of hydrogen-bond donors (Lipinski definition) is 3. The summed E-state index contributed by atoms with van der Waals surface area (Å²) in [4.78, 5) is 0. The van der Waals surface area contributed by atoms with Gasteiger partial charge in [0, 0.05) is 16.7 Å². The minimum Gasteiger partial charge on any atom is -0.394 e. The normalized spacial score (nSPS) is 12.6. The first-order valence-corrected chi connectivity index (χ1v) is 5.63. The minimum atomic E-state index is -0.719. The number of hydrogen-bond acceptors (Lipinski definition) is 3. The number of nitrogens with one attached hydrogen (secondary N) is 1. The van der Waals surface area contributed by atoms with E-state index in [0.29, 0.717) is 6.54 Å². The topological polar surface area (TPSA) is 52.5 Å². The Hall–Kier alpha value is -0.580. The second kappa shape index (κ2) is 5.49. The fourth-order valence-electron chi connectivity index (χ4n) is 1.29. The number of anilines is 1. The lowest BCUT2D eigenvalue weighted by Crippen LogP contribution is -2.23. The highest BCUT2D eigenvalue weighted by Gasteiger charge is 2.05. The van der Waals surface area contributed by atoms with Crippen LogP contribution in [0.15, 0.2) is 16.6 Å². The van der Waals surface area contributed by atoms with E-state index in [0.717, 1.165) is 15.7 Å². The van der Waals surface area contributed by atoms with Gasteiger partial charge in [-0.15, -0.1) is 0 Å². The summed E-state index contributed by atoms with van der Waals surface area (Å²) >= 11 is 3.42. The van der Waals surface area contributed by atoms with Gasteiger partial charge in [-0.1, -0.05) is 15.9 Å². The smallest absolute Gasteiger partial charge is 0.0942 e. The molecule has 0 saturated heterocycles. The van der Waals surface area contributed by atoms with Crippen LogP contribution in [0, 0.1) is 13.8 Å². The Morgan fingerprint density at radius 1 is 1.40 bits per heavy atom. The van der Waals surface area contributed by atoms with Gasteiger partial charge in [-0.25, -0.2) is 0 Å². The van der Waals surface area contributed by atoms with Crippen molar-refractivity contribution >= 4 is 21.6 Å². The molecule has 0 amide bonds. The van der Waals surface area contributed by atoms with Crippen molar-refractivity contribution in [2.24, 2.45) is 0 Å². The molecule has 0 fully saturated rings. The van der Waals surface area contributed by atoms with Gasteiger partial charge < -0.3 is 15.5 Å². The standard InChI is InChI=1S/C11H16BrNO2/c1-7-3-9(12)4-11(8(7)2)13-5-10(15)6-14/h3-4,10,13-15H,5-6H2,1-2H3. The molecule has 0 aliphatic rings. The Balaban J connectivity index is 2.76. The van der Waals surface area contributed by atoms with Gasteiger partial charge in [-0.05, 0) is 37.1 Å². The summed E-state index contributed by atoms with van der Waals surface area (Å²) in [6.07, 6.45) is -0.719. The van der Waals surface area contributed by atoms with Crippen molar-refractivity contribution in [3.05, 3.63) is 27.7 Å². The molecule has 84 valence electrons. The highest BCUT2D eigenvalue weighted by molar-refractivity contribution is 9.10. The maximum atomic E-state index is 9.22. The lowest BCUT2D eigenvalue weighted by molar-refractivity contribution is 0.105. The molecule has 1 aromatic rings. The van der Waals surface area contributed by atoms with E-state index in [9.17, 15) is 5.11 Å². The molecule has 0 aromatic heterocycles. The first-order valence-electron chi connectivity index (χ1n) is 4.84. The van der Waals surface area contributed by atoms with Crippen LogP contribution < -0.4 is 5.32 Å². The molecule has 3 nitrogen and oxygen atoms in total. The summed E-state index contributed by atoms with van der Waals surface area (Å²) in [5.74, 6) is 0. The highest BCUT2D eigenvalue weighted by atomic mass is 79.9. The molecular weight excluding hydrogens is 258 g/mol. The predicted octanol–water partition coefficient (Wildman–Crippen LogP) is 1.83. The van der Waals surface area contributed by atoms with Gasteiger partial charge in [-0.2, -0.15) is 0 Å². The van der Waals surface area contributed by atoms with Crippen LogP contribution in [0.2, 0.25) is 0 Å². The Labute approximate surface area is 98.3 Å². The van der Waals surface area contributed by atoms with E-state index in [-0.39, 0.29) is 6.61 Å². The van der Waals surface area contributed by atoms with Gasteiger partial charge in [0.15, 0.2) is 0 Å². The van der Waals surface area contributed by atoms with E-state index in [1.807, 2.05) is 26.0 Å². The number of aryl methyl sites for hydroxylation is 1. The van der Waals surface area contributed by atoms with Crippen molar-refractivity contribution in [1.29, 1.82) is 0 Å². The molecule has 0 heterocycles. The van der Waals surface area contributed by atoms with Crippen LogP contribution in [0.1, 0.15) is 11.1 Å². The fourth-order valence-corrected chi connectivity index (χ4v) is 1.86. The Kier molecular flexibility index (Phi) is 4.57. The van der Waals surface area contributed by atoms with Crippen LogP contribution in [0.5, 0.6) is 0 Å². The van der Waals surface area contributed by atoms with E-state index in [1.165, 1.54) is 5.56 Å². The SMILES string of the molecule is Cc1cc(Br)cc(NCC(O)CO)c1C. The van der Waals surface area contributed by atoms with Crippen LogP contribution in [0.25, 0.3) is 0 Å². The zero-order valence-electron chi connectivity index (χ0n) is 8.92. The third kappa shape index (κ3) is 3.48. The summed E-state index contributed by atoms with van der Waals surface area (Å²) in [6.45, 7) is 4.19. The fraction of sp³-hybridized carbons (Fsp3) is 0.455. The van der Waals surface area contributed by atoms with Crippen molar-refractivity contribution in [2.45, 2.75) is 20.0 Å². The summed E-state index contributed by atoms with van der Waals surface area (Å²) in [5, 5.41) is 21.0. The second-order valence-corrected chi connectivity index (χ2v) is 4.53. The Bertz CT molecular complexity index is 342. The van der Waals surface area contributed by atoms with Crippen molar-refractivity contribution < 1.29 is 10.2 Å². The zero-order valence-corrected chi connectivity index (χ0v) is 10.5. The molecule has 3 N–H and O–H groups in total. The van der Waals surface area contributed by atoms with Gasteiger partial charge in [0.2, 0.25) is 0 Å². The van der Waals surface area contributed by atoms with Crippen LogP contribution in [0.4, 0.5) is 5.69 Å². The zero-order chi connectivity index (χ0) is 11.4. The number of rotatable bonds is 4. The van der Waals surface area contributed by atoms with E-state index < -0.39 is 6.10 Å². The van der Waals surface area contributed by atoms with Crippen LogP contribution >= 0.6 is 15.9 Å². The van der Waals surface area contributed by atoms with Gasteiger partial charge in [0.05, 0.1) is 12.7 Å². The Morgan fingerprint density at radius 2 is 2.07 bits per heavy atom. The molecule has 4 heteroatoms. The van der Waals surface area contributed by atoms with Crippen LogP contribution in [-0.2, 0) is 0 Å². The molecule has 15 heavy (non-hydrogen) atoms. The molecule has 0 spiro atoms. The quantitative estimate of drug-likeness (QED) is 0.785. The highest BCUT2D eigenvalue weighted by Crippen LogP contribution is 2.24.